The van der Waals surface area contributed by atoms with Crippen molar-refractivity contribution in [1.29, 1.82) is 0 Å². The Labute approximate surface area is 114 Å². The fourth-order valence-corrected chi connectivity index (χ4v) is 1.29. The highest BCUT2D eigenvalue weighted by Gasteiger charge is 2.09. The minimum absolute atomic E-state index is 0. The van der Waals surface area contributed by atoms with Gasteiger partial charge in [-0.3, -0.25) is 9.48 Å². The van der Waals surface area contributed by atoms with E-state index in [2.05, 4.69) is 34.8 Å². The summed E-state index contributed by atoms with van der Waals surface area (Å²) in [5.74, 6) is 0.447. The molecule has 0 fully saturated rings. The van der Waals surface area contributed by atoms with Crippen molar-refractivity contribution in [1.82, 2.24) is 25.6 Å². The van der Waals surface area contributed by atoms with E-state index in [0.29, 0.717) is 18.2 Å². The Kier molecular flexibility index (Phi) is 8.32. The van der Waals surface area contributed by atoms with Crippen LogP contribution in [0.2, 0.25) is 0 Å². The molecule has 7 heteroatoms. The van der Waals surface area contributed by atoms with Crippen molar-refractivity contribution in [3.63, 3.8) is 0 Å². The van der Waals surface area contributed by atoms with Gasteiger partial charge in [-0.1, -0.05) is 19.1 Å². The molecule has 1 aromatic rings. The molecule has 1 heterocycles. The van der Waals surface area contributed by atoms with Gasteiger partial charge in [0, 0.05) is 19.6 Å². The average molecular weight is 276 g/mol. The predicted molar refractivity (Wildman–Crippen MR) is 73.0 cm³/mol. The third kappa shape index (κ3) is 5.97. The van der Waals surface area contributed by atoms with E-state index in [4.69, 9.17) is 0 Å². The van der Waals surface area contributed by atoms with Crippen LogP contribution < -0.4 is 10.6 Å². The van der Waals surface area contributed by atoms with Gasteiger partial charge in [-0.05, 0) is 19.4 Å². The lowest BCUT2D eigenvalue weighted by atomic mass is 10.1. The molecule has 2 N–H and O–H groups in total. The van der Waals surface area contributed by atoms with Gasteiger partial charge < -0.3 is 10.6 Å². The minimum Gasteiger partial charge on any atom is -0.349 e. The van der Waals surface area contributed by atoms with E-state index in [0.717, 1.165) is 19.5 Å². The molecule has 0 aliphatic rings. The SMILES string of the molecule is CNCCNC(=O)c1cn(CCC(C)C)nn1.Cl. The van der Waals surface area contributed by atoms with Crippen LogP contribution in [0.15, 0.2) is 6.20 Å². The van der Waals surface area contributed by atoms with E-state index >= 15 is 0 Å². The normalized spacial score (nSPS) is 10.2. The van der Waals surface area contributed by atoms with Crippen LogP contribution in [0.25, 0.3) is 0 Å². The smallest absolute Gasteiger partial charge is 0.273 e. The van der Waals surface area contributed by atoms with Gasteiger partial charge in [0.25, 0.3) is 5.91 Å². The summed E-state index contributed by atoms with van der Waals surface area (Å²) in [7, 11) is 1.84. The molecule has 0 aromatic carbocycles. The molecule has 0 atom stereocenters. The first-order chi connectivity index (χ1) is 8.13. The number of hydrogen-bond acceptors (Lipinski definition) is 4. The fraction of sp³-hybridized carbons (Fsp3) is 0.727. The summed E-state index contributed by atoms with van der Waals surface area (Å²) in [6.45, 7) is 6.44. The molecule has 18 heavy (non-hydrogen) atoms. The van der Waals surface area contributed by atoms with Gasteiger partial charge >= 0.3 is 0 Å². The number of amides is 1. The number of halogens is 1. The number of nitrogens with zero attached hydrogens (tertiary/aromatic N) is 3. The molecular weight excluding hydrogens is 254 g/mol. The van der Waals surface area contributed by atoms with Crippen LogP contribution in [0, 0.1) is 5.92 Å². The Morgan fingerprint density at radius 1 is 1.44 bits per heavy atom. The summed E-state index contributed by atoms with van der Waals surface area (Å²) in [6.07, 6.45) is 2.72. The molecule has 0 aliphatic heterocycles. The van der Waals surface area contributed by atoms with E-state index in [9.17, 15) is 4.79 Å². The number of rotatable bonds is 7. The van der Waals surface area contributed by atoms with Crippen molar-refractivity contribution < 1.29 is 4.79 Å². The predicted octanol–water partition coefficient (Wildman–Crippen LogP) is 0.695. The Balaban J connectivity index is 0.00000289. The van der Waals surface area contributed by atoms with Crippen molar-refractivity contribution in [2.75, 3.05) is 20.1 Å². The molecule has 0 radical (unpaired) electrons. The maximum absolute atomic E-state index is 11.6. The van der Waals surface area contributed by atoms with Crippen LogP contribution >= 0.6 is 12.4 Å². The highest BCUT2D eigenvalue weighted by molar-refractivity contribution is 5.91. The Morgan fingerprint density at radius 3 is 2.78 bits per heavy atom. The van der Waals surface area contributed by atoms with Crippen molar-refractivity contribution in [3.05, 3.63) is 11.9 Å². The van der Waals surface area contributed by atoms with Gasteiger partial charge in [0.05, 0.1) is 6.20 Å². The number of carbonyl (C=O) groups is 1. The summed E-state index contributed by atoms with van der Waals surface area (Å²) in [4.78, 5) is 11.6. The molecule has 0 spiro atoms. The lowest BCUT2D eigenvalue weighted by Crippen LogP contribution is -2.30. The Morgan fingerprint density at radius 2 is 2.17 bits per heavy atom. The second-order valence-electron chi connectivity index (χ2n) is 4.41. The van der Waals surface area contributed by atoms with Crippen molar-refractivity contribution >= 4 is 18.3 Å². The molecule has 0 saturated carbocycles. The zero-order valence-electron chi connectivity index (χ0n) is 11.1. The maximum Gasteiger partial charge on any atom is 0.273 e. The first kappa shape index (κ1) is 16.9. The molecule has 104 valence electrons. The summed E-state index contributed by atoms with van der Waals surface area (Å²) < 4.78 is 1.72. The molecule has 1 aromatic heterocycles. The van der Waals surface area contributed by atoms with Crippen molar-refractivity contribution in [2.24, 2.45) is 5.92 Å². The van der Waals surface area contributed by atoms with Gasteiger partial charge in [0.2, 0.25) is 0 Å². The lowest BCUT2D eigenvalue weighted by Gasteiger charge is -2.03. The van der Waals surface area contributed by atoms with Gasteiger partial charge in [-0.2, -0.15) is 0 Å². The number of aryl methyl sites for hydroxylation is 1. The third-order valence-corrected chi connectivity index (χ3v) is 2.37. The Hall–Kier alpha value is -1.14. The molecule has 0 saturated heterocycles. The number of hydrogen-bond donors (Lipinski definition) is 2. The summed E-state index contributed by atoms with van der Waals surface area (Å²) in [5, 5.41) is 13.5. The second-order valence-corrected chi connectivity index (χ2v) is 4.41. The van der Waals surface area contributed by atoms with E-state index < -0.39 is 0 Å². The molecule has 1 rings (SSSR count). The molecular formula is C11H22ClN5O. The van der Waals surface area contributed by atoms with Crippen LogP contribution in [-0.2, 0) is 6.54 Å². The topological polar surface area (TPSA) is 71.8 Å². The highest BCUT2D eigenvalue weighted by Crippen LogP contribution is 2.02. The summed E-state index contributed by atoms with van der Waals surface area (Å²) in [6, 6.07) is 0. The quantitative estimate of drug-likeness (QED) is 0.719. The summed E-state index contributed by atoms with van der Waals surface area (Å²) in [5.41, 5.74) is 0.379. The molecule has 1 amide bonds. The first-order valence-corrected chi connectivity index (χ1v) is 5.96. The minimum atomic E-state index is -0.170. The third-order valence-electron chi connectivity index (χ3n) is 2.37. The van der Waals surface area contributed by atoms with Crippen LogP contribution in [0.5, 0.6) is 0 Å². The number of aromatic nitrogens is 3. The van der Waals surface area contributed by atoms with Crippen molar-refractivity contribution in [2.45, 2.75) is 26.8 Å². The van der Waals surface area contributed by atoms with Gasteiger partial charge in [-0.25, -0.2) is 0 Å². The lowest BCUT2D eigenvalue weighted by molar-refractivity contribution is 0.0949. The number of carbonyl (C=O) groups excluding carboxylic acids is 1. The summed E-state index contributed by atoms with van der Waals surface area (Å²) >= 11 is 0. The van der Waals surface area contributed by atoms with E-state index in [1.54, 1.807) is 10.9 Å². The molecule has 0 aliphatic carbocycles. The first-order valence-electron chi connectivity index (χ1n) is 5.96. The van der Waals surface area contributed by atoms with Gasteiger partial charge in [0.15, 0.2) is 5.69 Å². The second kappa shape index (κ2) is 8.88. The van der Waals surface area contributed by atoms with E-state index in [1.807, 2.05) is 7.05 Å². The Bertz CT molecular complexity index is 353. The zero-order chi connectivity index (χ0) is 12.7. The van der Waals surface area contributed by atoms with Crippen molar-refractivity contribution in [3.8, 4) is 0 Å². The van der Waals surface area contributed by atoms with Crippen LogP contribution in [-0.4, -0.2) is 41.0 Å². The van der Waals surface area contributed by atoms with Crippen LogP contribution in [0.1, 0.15) is 30.8 Å². The van der Waals surface area contributed by atoms with Gasteiger partial charge in [-0.15, -0.1) is 17.5 Å². The largest absolute Gasteiger partial charge is 0.349 e. The number of nitrogens with one attached hydrogen (secondary N) is 2. The van der Waals surface area contributed by atoms with Crippen LogP contribution in [0.4, 0.5) is 0 Å². The standard InChI is InChI=1S/C11H21N5O.ClH/c1-9(2)4-7-16-8-10(14-15-16)11(17)13-6-5-12-3;/h8-9,12H,4-7H2,1-3H3,(H,13,17);1H. The number of likely N-dealkylation sites (N-methyl/N-ethyl adjacent to an activating group) is 1. The van der Waals surface area contributed by atoms with E-state index in [1.165, 1.54) is 0 Å². The highest BCUT2D eigenvalue weighted by atomic mass is 35.5. The molecule has 0 bridgehead atoms. The fourth-order valence-electron chi connectivity index (χ4n) is 1.29. The molecule has 0 unspecified atom stereocenters. The van der Waals surface area contributed by atoms with E-state index in [-0.39, 0.29) is 18.3 Å². The monoisotopic (exact) mass is 275 g/mol. The maximum atomic E-state index is 11.6. The van der Waals surface area contributed by atoms with Gasteiger partial charge in [0.1, 0.15) is 0 Å². The molecule has 6 nitrogen and oxygen atoms in total. The van der Waals surface area contributed by atoms with Crippen LogP contribution in [0.3, 0.4) is 0 Å². The average Bonchev–Trinajstić information content (AvgIpc) is 2.75. The zero-order valence-corrected chi connectivity index (χ0v) is 12.0.